The molecule has 1 fully saturated rings. The van der Waals surface area contributed by atoms with E-state index in [0.717, 1.165) is 31.4 Å². The Bertz CT molecular complexity index is 542. The number of anilines is 1. The summed E-state index contributed by atoms with van der Waals surface area (Å²) < 4.78 is 29.7. The summed E-state index contributed by atoms with van der Waals surface area (Å²) in [6, 6.07) is 7.44. The van der Waals surface area contributed by atoms with Crippen molar-refractivity contribution in [3.05, 3.63) is 24.3 Å². The molecule has 1 N–H and O–H groups in total. The molecule has 0 radical (unpaired) electrons. The third kappa shape index (κ3) is 3.52. The number of methoxy groups -OCH3 is 1. The van der Waals surface area contributed by atoms with E-state index in [2.05, 4.69) is 5.32 Å². The lowest BCUT2D eigenvalue weighted by Crippen LogP contribution is -2.31. The van der Waals surface area contributed by atoms with Crippen molar-refractivity contribution in [1.29, 1.82) is 0 Å². The maximum absolute atomic E-state index is 12.1. The van der Waals surface area contributed by atoms with E-state index in [4.69, 9.17) is 4.74 Å². The average molecular weight is 297 g/mol. The molecule has 2 unspecified atom stereocenters. The smallest absolute Gasteiger partial charge is 0.180 e. The van der Waals surface area contributed by atoms with Gasteiger partial charge in [0.25, 0.3) is 0 Å². The summed E-state index contributed by atoms with van der Waals surface area (Å²) in [4.78, 5) is 0.405. The summed E-state index contributed by atoms with van der Waals surface area (Å²) in [5, 5.41) is 3.40. The van der Waals surface area contributed by atoms with Crippen LogP contribution in [0.5, 0.6) is 0 Å². The normalized spacial score (nSPS) is 23.5. The molecule has 0 bridgehead atoms. The van der Waals surface area contributed by atoms with Crippen LogP contribution in [0.3, 0.4) is 0 Å². The maximum Gasteiger partial charge on any atom is 0.180 e. The number of nitrogens with one attached hydrogen (secondary N) is 1. The van der Waals surface area contributed by atoms with Crippen LogP contribution < -0.4 is 5.32 Å². The van der Waals surface area contributed by atoms with Crippen LogP contribution in [0.15, 0.2) is 29.2 Å². The lowest BCUT2D eigenvalue weighted by molar-refractivity contribution is 0.0669. The van der Waals surface area contributed by atoms with Gasteiger partial charge in [0, 0.05) is 13.2 Å². The average Bonchev–Trinajstić information content (AvgIpc) is 2.48. The van der Waals surface area contributed by atoms with Crippen LogP contribution in [0, 0.1) is 0 Å². The molecule has 1 aromatic rings. The van der Waals surface area contributed by atoms with Crippen LogP contribution in [-0.2, 0) is 14.6 Å². The van der Waals surface area contributed by atoms with Gasteiger partial charge in [0.2, 0.25) is 0 Å². The second kappa shape index (κ2) is 6.59. The van der Waals surface area contributed by atoms with Gasteiger partial charge in [0.15, 0.2) is 9.84 Å². The summed E-state index contributed by atoms with van der Waals surface area (Å²) >= 11 is 0. The number of sulfone groups is 1. The third-order valence-corrected chi connectivity index (χ3v) is 5.71. The minimum atomic E-state index is -3.19. The lowest BCUT2D eigenvalue weighted by Gasteiger charge is -2.30. The lowest BCUT2D eigenvalue weighted by atomic mass is 9.92. The Kier molecular flexibility index (Phi) is 5.05. The molecular formula is C15H23NO3S. The van der Waals surface area contributed by atoms with Gasteiger partial charge in [-0.3, -0.25) is 0 Å². The van der Waals surface area contributed by atoms with Crippen molar-refractivity contribution in [2.75, 3.05) is 18.2 Å². The fourth-order valence-electron chi connectivity index (χ4n) is 2.72. The summed E-state index contributed by atoms with van der Waals surface area (Å²) in [6.07, 6.45) is 4.45. The molecule has 2 rings (SSSR count). The van der Waals surface area contributed by atoms with E-state index in [9.17, 15) is 8.42 Å². The first-order valence-electron chi connectivity index (χ1n) is 7.18. The zero-order valence-corrected chi connectivity index (χ0v) is 12.9. The van der Waals surface area contributed by atoms with Gasteiger partial charge >= 0.3 is 0 Å². The van der Waals surface area contributed by atoms with Gasteiger partial charge in [-0.25, -0.2) is 8.42 Å². The molecule has 1 aliphatic carbocycles. The molecule has 112 valence electrons. The van der Waals surface area contributed by atoms with Crippen molar-refractivity contribution in [3.63, 3.8) is 0 Å². The maximum atomic E-state index is 12.1. The number of hydrogen-bond donors (Lipinski definition) is 1. The van der Waals surface area contributed by atoms with Gasteiger partial charge in [0.1, 0.15) is 0 Å². The largest absolute Gasteiger partial charge is 0.381 e. The standard InChI is InChI=1S/C15H23NO3S/c1-3-20(17,18)15-10-5-4-9-14(15)16-12-7-6-8-13(11-12)19-2/h4-5,9-10,12-13,16H,3,6-8,11H2,1-2H3. The van der Waals surface area contributed by atoms with Gasteiger partial charge in [0.05, 0.1) is 22.4 Å². The van der Waals surface area contributed by atoms with E-state index in [1.165, 1.54) is 0 Å². The minimum absolute atomic E-state index is 0.122. The molecule has 1 aliphatic rings. The number of ether oxygens (including phenoxy) is 1. The first kappa shape index (κ1) is 15.3. The SMILES string of the molecule is CCS(=O)(=O)c1ccccc1NC1CCCC(OC)C1. The molecule has 0 spiro atoms. The van der Waals surface area contributed by atoms with Gasteiger partial charge in [-0.05, 0) is 37.8 Å². The summed E-state index contributed by atoms with van der Waals surface area (Å²) in [5.74, 6) is 0.122. The van der Waals surface area contributed by atoms with E-state index < -0.39 is 9.84 Å². The highest BCUT2D eigenvalue weighted by molar-refractivity contribution is 7.91. The number of hydrogen-bond acceptors (Lipinski definition) is 4. The Morgan fingerprint density at radius 3 is 2.75 bits per heavy atom. The highest BCUT2D eigenvalue weighted by atomic mass is 32.2. The van der Waals surface area contributed by atoms with Crippen LogP contribution in [0.2, 0.25) is 0 Å². The monoisotopic (exact) mass is 297 g/mol. The molecule has 4 nitrogen and oxygen atoms in total. The van der Waals surface area contributed by atoms with Gasteiger partial charge in [-0.1, -0.05) is 19.1 Å². The fourth-order valence-corrected chi connectivity index (χ4v) is 3.78. The first-order valence-corrected chi connectivity index (χ1v) is 8.83. The summed E-state index contributed by atoms with van der Waals surface area (Å²) in [5.41, 5.74) is 0.719. The van der Waals surface area contributed by atoms with Crippen LogP contribution in [0.1, 0.15) is 32.6 Å². The van der Waals surface area contributed by atoms with E-state index in [0.29, 0.717) is 4.90 Å². The molecule has 0 aliphatic heterocycles. The zero-order chi connectivity index (χ0) is 14.6. The Labute approximate surface area is 121 Å². The minimum Gasteiger partial charge on any atom is -0.381 e. The molecular weight excluding hydrogens is 274 g/mol. The highest BCUT2D eigenvalue weighted by Gasteiger charge is 2.23. The fraction of sp³-hybridized carbons (Fsp3) is 0.600. The number of benzene rings is 1. The summed E-state index contributed by atoms with van der Waals surface area (Å²) in [6.45, 7) is 1.67. The van der Waals surface area contributed by atoms with E-state index in [1.54, 1.807) is 26.2 Å². The Balaban J connectivity index is 2.17. The molecule has 0 aromatic heterocycles. The van der Waals surface area contributed by atoms with Crippen molar-refractivity contribution in [3.8, 4) is 0 Å². The zero-order valence-electron chi connectivity index (χ0n) is 12.1. The molecule has 2 atom stereocenters. The predicted molar refractivity (Wildman–Crippen MR) is 80.8 cm³/mol. The van der Waals surface area contributed by atoms with Crippen molar-refractivity contribution in [2.45, 2.75) is 49.6 Å². The topological polar surface area (TPSA) is 55.4 Å². The van der Waals surface area contributed by atoms with Crippen molar-refractivity contribution >= 4 is 15.5 Å². The van der Waals surface area contributed by atoms with Crippen LogP contribution >= 0.6 is 0 Å². The molecule has 0 heterocycles. The van der Waals surface area contributed by atoms with Crippen molar-refractivity contribution < 1.29 is 13.2 Å². The molecule has 0 amide bonds. The van der Waals surface area contributed by atoms with Gasteiger partial charge < -0.3 is 10.1 Å². The van der Waals surface area contributed by atoms with E-state index in [1.807, 2.05) is 12.1 Å². The molecule has 1 aromatic carbocycles. The second-order valence-corrected chi connectivity index (χ2v) is 7.51. The van der Waals surface area contributed by atoms with Gasteiger partial charge in [-0.2, -0.15) is 0 Å². The van der Waals surface area contributed by atoms with Crippen molar-refractivity contribution in [1.82, 2.24) is 0 Å². The highest BCUT2D eigenvalue weighted by Crippen LogP contribution is 2.27. The molecule has 5 heteroatoms. The van der Waals surface area contributed by atoms with Crippen LogP contribution in [-0.4, -0.2) is 33.4 Å². The van der Waals surface area contributed by atoms with Crippen LogP contribution in [0.25, 0.3) is 0 Å². The van der Waals surface area contributed by atoms with E-state index in [-0.39, 0.29) is 17.9 Å². The van der Waals surface area contributed by atoms with E-state index >= 15 is 0 Å². The Morgan fingerprint density at radius 2 is 2.05 bits per heavy atom. The quantitative estimate of drug-likeness (QED) is 0.908. The Hall–Kier alpha value is -1.07. The summed E-state index contributed by atoms with van der Waals surface area (Å²) in [7, 11) is -1.45. The van der Waals surface area contributed by atoms with Crippen LogP contribution in [0.4, 0.5) is 5.69 Å². The molecule has 20 heavy (non-hydrogen) atoms. The molecule has 0 saturated heterocycles. The Morgan fingerprint density at radius 1 is 1.30 bits per heavy atom. The molecule has 1 saturated carbocycles. The van der Waals surface area contributed by atoms with Crippen molar-refractivity contribution in [2.24, 2.45) is 0 Å². The number of para-hydroxylation sites is 1. The number of rotatable bonds is 5. The third-order valence-electron chi connectivity index (χ3n) is 3.92. The first-order chi connectivity index (χ1) is 9.56. The van der Waals surface area contributed by atoms with Gasteiger partial charge in [-0.15, -0.1) is 0 Å². The predicted octanol–water partition coefficient (Wildman–Crippen LogP) is 2.85. The second-order valence-electron chi connectivity index (χ2n) is 5.27.